The van der Waals surface area contributed by atoms with E-state index >= 15 is 0 Å². The van der Waals surface area contributed by atoms with E-state index in [9.17, 15) is 0 Å². The fraction of sp³-hybridized carbons (Fsp3) is 0.250. The van der Waals surface area contributed by atoms with E-state index in [2.05, 4.69) is 20.5 Å². The van der Waals surface area contributed by atoms with Crippen molar-refractivity contribution in [3.63, 3.8) is 0 Å². The molecule has 0 bridgehead atoms. The third kappa shape index (κ3) is 1.59. The summed E-state index contributed by atoms with van der Waals surface area (Å²) >= 11 is 0. The van der Waals surface area contributed by atoms with E-state index in [0.29, 0.717) is 18.1 Å². The van der Waals surface area contributed by atoms with Gasteiger partial charge < -0.3 is 9.73 Å². The third-order valence-corrected chi connectivity index (χ3v) is 1.62. The summed E-state index contributed by atoms with van der Waals surface area (Å²) in [6, 6.07) is 3.63. The molecule has 5 heteroatoms. The average Bonchev–Trinajstić information content (AvgIpc) is 2.70. The van der Waals surface area contributed by atoms with Crippen LogP contribution in [-0.4, -0.2) is 22.2 Å². The van der Waals surface area contributed by atoms with E-state index in [-0.39, 0.29) is 0 Å². The Balaban J connectivity index is 2.23. The molecule has 0 saturated carbocycles. The first-order valence-electron chi connectivity index (χ1n) is 4.00. The van der Waals surface area contributed by atoms with Gasteiger partial charge >= 0.3 is 0 Å². The molecule has 0 unspecified atom stereocenters. The van der Waals surface area contributed by atoms with Crippen molar-refractivity contribution in [2.45, 2.75) is 6.54 Å². The molecule has 2 aromatic rings. The van der Waals surface area contributed by atoms with Crippen LogP contribution in [0.2, 0.25) is 0 Å². The lowest BCUT2D eigenvalue weighted by molar-refractivity contribution is 0.577. The van der Waals surface area contributed by atoms with Crippen molar-refractivity contribution in [3.8, 4) is 11.6 Å². The molecule has 0 aliphatic carbocycles. The van der Waals surface area contributed by atoms with Gasteiger partial charge in [-0.25, -0.2) is 4.98 Å². The van der Waals surface area contributed by atoms with Crippen LogP contribution in [0.1, 0.15) is 5.82 Å². The van der Waals surface area contributed by atoms with Crippen LogP contribution in [0.5, 0.6) is 0 Å². The largest absolute Gasteiger partial charge is 0.461 e. The van der Waals surface area contributed by atoms with Crippen LogP contribution in [0.4, 0.5) is 0 Å². The maximum atomic E-state index is 5.15. The van der Waals surface area contributed by atoms with Crippen molar-refractivity contribution in [3.05, 3.63) is 24.2 Å². The van der Waals surface area contributed by atoms with Gasteiger partial charge in [0.1, 0.15) is 5.82 Å². The van der Waals surface area contributed by atoms with Gasteiger partial charge in [-0.15, -0.1) is 5.10 Å². The number of furan rings is 1. The first-order valence-corrected chi connectivity index (χ1v) is 4.00. The van der Waals surface area contributed by atoms with Crippen molar-refractivity contribution >= 4 is 0 Å². The highest BCUT2D eigenvalue weighted by Gasteiger charge is 2.06. The first kappa shape index (κ1) is 8.00. The second-order valence-corrected chi connectivity index (χ2v) is 2.61. The summed E-state index contributed by atoms with van der Waals surface area (Å²) in [5, 5.41) is 9.80. The van der Waals surface area contributed by atoms with Gasteiger partial charge in [0.15, 0.2) is 5.76 Å². The quantitative estimate of drug-likeness (QED) is 0.729. The van der Waals surface area contributed by atoms with Crippen molar-refractivity contribution in [1.29, 1.82) is 0 Å². The van der Waals surface area contributed by atoms with Crippen molar-refractivity contribution in [1.82, 2.24) is 20.5 Å². The number of aromatic amines is 1. The molecule has 0 spiro atoms. The highest BCUT2D eigenvalue weighted by Crippen LogP contribution is 2.13. The van der Waals surface area contributed by atoms with Crippen LogP contribution in [0, 0.1) is 0 Å². The molecule has 0 aromatic carbocycles. The third-order valence-electron chi connectivity index (χ3n) is 1.62. The van der Waals surface area contributed by atoms with Crippen LogP contribution < -0.4 is 5.32 Å². The molecule has 2 heterocycles. The normalized spacial score (nSPS) is 10.5. The van der Waals surface area contributed by atoms with Gasteiger partial charge in [0.2, 0.25) is 5.82 Å². The molecule has 0 aliphatic rings. The molecule has 68 valence electrons. The molecule has 0 atom stereocenters. The van der Waals surface area contributed by atoms with Crippen LogP contribution in [0.25, 0.3) is 11.6 Å². The Kier molecular flexibility index (Phi) is 2.09. The Morgan fingerprint density at radius 1 is 1.62 bits per heavy atom. The lowest BCUT2D eigenvalue weighted by atomic mass is 10.4. The molecule has 0 aliphatic heterocycles. The highest BCUT2D eigenvalue weighted by atomic mass is 16.3. The SMILES string of the molecule is CNCc1nc(-c2ccco2)n[nH]1. The summed E-state index contributed by atoms with van der Waals surface area (Å²) in [6.07, 6.45) is 1.60. The zero-order chi connectivity index (χ0) is 9.10. The van der Waals surface area contributed by atoms with Crippen LogP contribution in [-0.2, 0) is 6.54 Å². The topological polar surface area (TPSA) is 66.7 Å². The predicted molar refractivity (Wildman–Crippen MR) is 46.8 cm³/mol. The second-order valence-electron chi connectivity index (χ2n) is 2.61. The maximum Gasteiger partial charge on any atom is 0.216 e. The second kappa shape index (κ2) is 3.40. The Hall–Kier alpha value is -1.62. The Morgan fingerprint density at radius 3 is 3.23 bits per heavy atom. The summed E-state index contributed by atoms with van der Waals surface area (Å²) in [7, 11) is 1.86. The van der Waals surface area contributed by atoms with Crippen LogP contribution >= 0.6 is 0 Å². The highest BCUT2D eigenvalue weighted by molar-refractivity contribution is 5.45. The van der Waals surface area contributed by atoms with E-state index in [1.54, 1.807) is 6.26 Å². The maximum absolute atomic E-state index is 5.15. The number of hydrogen-bond acceptors (Lipinski definition) is 4. The molecule has 2 aromatic heterocycles. The monoisotopic (exact) mass is 178 g/mol. The summed E-state index contributed by atoms with van der Waals surface area (Å²) < 4.78 is 5.15. The summed E-state index contributed by atoms with van der Waals surface area (Å²) in [5.74, 6) is 2.07. The van der Waals surface area contributed by atoms with Crippen molar-refractivity contribution < 1.29 is 4.42 Å². The average molecular weight is 178 g/mol. The summed E-state index contributed by atoms with van der Waals surface area (Å²) in [6.45, 7) is 0.674. The molecule has 2 rings (SSSR count). The van der Waals surface area contributed by atoms with E-state index in [4.69, 9.17) is 4.42 Å². The number of nitrogens with zero attached hydrogens (tertiary/aromatic N) is 2. The van der Waals surface area contributed by atoms with Crippen LogP contribution in [0.15, 0.2) is 22.8 Å². The van der Waals surface area contributed by atoms with Gasteiger partial charge in [0.05, 0.1) is 12.8 Å². The van der Waals surface area contributed by atoms with Crippen LogP contribution in [0.3, 0.4) is 0 Å². The molecule has 2 N–H and O–H groups in total. The van der Waals surface area contributed by atoms with Gasteiger partial charge in [-0.3, -0.25) is 5.10 Å². The number of nitrogens with one attached hydrogen (secondary N) is 2. The number of H-pyrrole nitrogens is 1. The summed E-state index contributed by atoms with van der Waals surface area (Å²) in [5.41, 5.74) is 0. The number of hydrogen-bond donors (Lipinski definition) is 2. The molecule has 0 radical (unpaired) electrons. The minimum atomic E-state index is 0.593. The van der Waals surface area contributed by atoms with E-state index in [0.717, 1.165) is 5.82 Å². The summed E-state index contributed by atoms with van der Waals surface area (Å²) in [4.78, 5) is 4.22. The van der Waals surface area contributed by atoms with Gasteiger partial charge in [0, 0.05) is 0 Å². The standard InChI is InChI=1S/C8H10N4O/c1-9-5-7-10-8(12-11-7)6-3-2-4-13-6/h2-4,9H,5H2,1H3,(H,10,11,12). The Bertz CT molecular complexity index is 365. The molecule has 5 nitrogen and oxygen atoms in total. The Morgan fingerprint density at radius 2 is 2.54 bits per heavy atom. The minimum Gasteiger partial charge on any atom is -0.461 e. The number of rotatable bonds is 3. The van der Waals surface area contributed by atoms with E-state index in [1.807, 2.05) is 19.2 Å². The zero-order valence-corrected chi connectivity index (χ0v) is 7.24. The van der Waals surface area contributed by atoms with Gasteiger partial charge in [-0.1, -0.05) is 0 Å². The lowest BCUT2D eigenvalue weighted by Gasteiger charge is -1.89. The van der Waals surface area contributed by atoms with Gasteiger partial charge in [-0.05, 0) is 19.2 Å². The van der Waals surface area contributed by atoms with Crippen molar-refractivity contribution in [2.24, 2.45) is 0 Å². The zero-order valence-electron chi connectivity index (χ0n) is 7.24. The first-order chi connectivity index (χ1) is 6.40. The van der Waals surface area contributed by atoms with Gasteiger partial charge in [0.25, 0.3) is 0 Å². The minimum absolute atomic E-state index is 0.593. The lowest BCUT2D eigenvalue weighted by Crippen LogP contribution is -2.06. The smallest absolute Gasteiger partial charge is 0.216 e. The fourth-order valence-corrected chi connectivity index (χ4v) is 1.06. The number of aromatic nitrogens is 3. The molecule has 13 heavy (non-hydrogen) atoms. The van der Waals surface area contributed by atoms with Crippen molar-refractivity contribution in [2.75, 3.05) is 7.05 Å². The van der Waals surface area contributed by atoms with E-state index < -0.39 is 0 Å². The fourth-order valence-electron chi connectivity index (χ4n) is 1.06. The van der Waals surface area contributed by atoms with E-state index in [1.165, 1.54) is 0 Å². The molecular weight excluding hydrogens is 168 g/mol. The molecule has 0 saturated heterocycles. The van der Waals surface area contributed by atoms with Gasteiger partial charge in [-0.2, -0.15) is 0 Å². The Labute approximate surface area is 75.2 Å². The molecular formula is C8H10N4O. The predicted octanol–water partition coefficient (Wildman–Crippen LogP) is 0.784. The molecule has 0 amide bonds. The molecule has 0 fully saturated rings.